The zero-order chi connectivity index (χ0) is 8.97. The maximum atomic E-state index is 11.6. The molecule has 0 amide bonds. The van der Waals surface area contributed by atoms with E-state index in [0.717, 1.165) is 24.0 Å². The molecule has 0 saturated carbocycles. The Kier molecular flexibility index (Phi) is 3.03. The molecule has 1 aromatic rings. The Morgan fingerprint density at radius 2 is 1.42 bits per heavy atom. The maximum absolute atomic E-state index is 11.6. The third kappa shape index (κ3) is 1.73. The van der Waals surface area contributed by atoms with Crippen LogP contribution in [-0.4, -0.2) is 0 Å². The zero-order valence-electron chi connectivity index (χ0n) is 7.63. The summed E-state index contributed by atoms with van der Waals surface area (Å²) in [6.45, 7) is 4.02. The first-order valence-electron chi connectivity index (χ1n) is 4.40. The fourth-order valence-corrected chi connectivity index (χ4v) is 1.26. The second-order valence-corrected chi connectivity index (χ2v) is 2.80. The number of hydrogen-bond donors (Lipinski definition) is 0. The molecule has 1 aromatic carbocycles. The van der Waals surface area contributed by atoms with Crippen LogP contribution in [0, 0.1) is 0 Å². The summed E-state index contributed by atoms with van der Waals surface area (Å²) in [4.78, 5) is 11.6. The van der Waals surface area contributed by atoms with E-state index in [0.29, 0.717) is 0 Å². The van der Waals surface area contributed by atoms with Gasteiger partial charge in [0.05, 0.1) is 0 Å². The van der Waals surface area contributed by atoms with E-state index in [1.807, 2.05) is 38.1 Å². The van der Waals surface area contributed by atoms with E-state index in [1.165, 1.54) is 0 Å². The normalized spacial score (nSPS) is 9.83. The van der Waals surface area contributed by atoms with Crippen LogP contribution in [0.15, 0.2) is 29.1 Å². The molecule has 0 aromatic heterocycles. The highest BCUT2D eigenvalue weighted by Gasteiger charge is 1.98. The summed E-state index contributed by atoms with van der Waals surface area (Å²) >= 11 is 0. The Hall–Kier alpha value is -1.11. The second kappa shape index (κ2) is 4.05. The van der Waals surface area contributed by atoms with E-state index in [1.54, 1.807) is 0 Å². The lowest BCUT2D eigenvalue weighted by atomic mass is 10.1. The Balaban J connectivity index is 3.37. The molecule has 1 nitrogen and oxygen atoms in total. The largest absolute Gasteiger partial charge is 0.289 e. The Morgan fingerprint density at radius 1 is 1.00 bits per heavy atom. The average molecular weight is 162 g/mol. The highest BCUT2D eigenvalue weighted by Crippen LogP contribution is 1.96. The predicted molar refractivity (Wildman–Crippen MR) is 51.5 cm³/mol. The molecule has 0 aliphatic heterocycles. The van der Waals surface area contributed by atoms with Gasteiger partial charge >= 0.3 is 0 Å². The van der Waals surface area contributed by atoms with Crippen LogP contribution in [0.2, 0.25) is 0 Å². The third-order valence-electron chi connectivity index (χ3n) is 2.05. The Labute approximate surface area is 73.1 Å². The van der Waals surface area contributed by atoms with Crippen LogP contribution < -0.4 is 5.43 Å². The standard InChI is InChI=1S/C11H14O/c1-3-9-7-5-6-8-10(4-2)11(9)12/h5-8H,3-4H2,1-2H3. The molecule has 0 bridgehead atoms. The average Bonchev–Trinajstić information content (AvgIpc) is 2.27. The van der Waals surface area contributed by atoms with Crippen molar-refractivity contribution in [3.05, 3.63) is 45.6 Å². The first-order valence-corrected chi connectivity index (χ1v) is 4.40. The van der Waals surface area contributed by atoms with E-state index >= 15 is 0 Å². The quantitative estimate of drug-likeness (QED) is 0.651. The molecule has 64 valence electrons. The molecule has 1 rings (SSSR count). The molecule has 12 heavy (non-hydrogen) atoms. The van der Waals surface area contributed by atoms with Crippen LogP contribution in [0.3, 0.4) is 0 Å². The van der Waals surface area contributed by atoms with Crippen molar-refractivity contribution in [3.8, 4) is 0 Å². The molecule has 0 radical (unpaired) electrons. The fourth-order valence-electron chi connectivity index (χ4n) is 1.26. The molecular formula is C11H14O. The van der Waals surface area contributed by atoms with Gasteiger partial charge in [-0.3, -0.25) is 4.79 Å². The van der Waals surface area contributed by atoms with Crippen LogP contribution >= 0.6 is 0 Å². The smallest absolute Gasteiger partial charge is 0.184 e. The molecule has 0 spiro atoms. The van der Waals surface area contributed by atoms with Crippen molar-refractivity contribution in [2.75, 3.05) is 0 Å². The summed E-state index contributed by atoms with van der Waals surface area (Å²) in [6, 6.07) is 7.67. The lowest BCUT2D eigenvalue weighted by Crippen LogP contribution is -2.09. The fraction of sp³-hybridized carbons (Fsp3) is 0.364. The van der Waals surface area contributed by atoms with Crippen molar-refractivity contribution in [1.82, 2.24) is 0 Å². The Morgan fingerprint density at radius 3 is 1.75 bits per heavy atom. The van der Waals surface area contributed by atoms with E-state index in [4.69, 9.17) is 0 Å². The van der Waals surface area contributed by atoms with Gasteiger partial charge in [-0.05, 0) is 24.0 Å². The topological polar surface area (TPSA) is 17.1 Å². The van der Waals surface area contributed by atoms with Gasteiger partial charge in [0.1, 0.15) is 0 Å². The molecule has 0 saturated heterocycles. The van der Waals surface area contributed by atoms with Crippen LogP contribution in [-0.2, 0) is 12.8 Å². The Bertz CT molecular complexity index is 285. The summed E-state index contributed by atoms with van der Waals surface area (Å²) in [6.07, 6.45) is 1.64. The molecule has 0 heterocycles. The molecule has 0 aliphatic carbocycles. The van der Waals surface area contributed by atoms with Gasteiger partial charge in [-0.2, -0.15) is 0 Å². The van der Waals surface area contributed by atoms with Gasteiger partial charge in [-0.25, -0.2) is 0 Å². The van der Waals surface area contributed by atoms with Gasteiger partial charge < -0.3 is 0 Å². The zero-order valence-corrected chi connectivity index (χ0v) is 7.63. The molecule has 0 fully saturated rings. The predicted octanol–water partition coefficient (Wildman–Crippen LogP) is 2.17. The molecule has 0 aliphatic rings. The SMILES string of the molecule is CCc1ccccc(CC)c1=O. The van der Waals surface area contributed by atoms with Gasteiger partial charge in [0.15, 0.2) is 5.43 Å². The summed E-state index contributed by atoms with van der Waals surface area (Å²) < 4.78 is 0. The van der Waals surface area contributed by atoms with E-state index < -0.39 is 0 Å². The minimum atomic E-state index is 0.213. The van der Waals surface area contributed by atoms with Crippen LogP contribution in [0.5, 0.6) is 0 Å². The summed E-state index contributed by atoms with van der Waals surface area (Å²) in [7, 11) is 0. The van der Waals surface area contributed by atoms with Crippen molar-refractivity contribution < 1.29 is 0 Å². The summed E-state index contributed by atoms with van der Waals surface area (Å²) in [5.74, 6) is 0. The molecular weight excluding hydrogens is 148 g/mol. The maximum Gasteiger partial charge on any atom is 0.184 e. The first-order chi connectivity index (χ1) is 5.79. The van der Waals surface area contributed by atoms with Gasteiger partial charge in [-0.15, -0.1) is 0 Å². The van der Waals surface area contributed by atoms with Crippen LogP contribution in [0.1, 0.15) is 25.0 Å². The molecule has 1 heteroatoms. The van der Waals surface area contributed by atoms with Crippen LogP contribution in [0.4, 0.5) is 0 Å². The molecule has 0 N–H and O–H groups in total. The number of rotatable bonds is 2. The minimum absolute atomic E-state index is 0.213. The van der Waals surface area contributed by atoms with Crippen molar-refractivity contribution in [3.63, 3.8) is 0 Å². The van der Waals surface area contributed by atoms with Crippen molar-refractivity contribution in [2.45, 2.75) is 26.7 Å². The van der Waals surface area contributed by atoms with Crippen molar-refractivity contribution >= 4 is 0 Å². The van der Waals surface area contributed by atoms with Crippen molar-refractivity contribution in [1.29, 1.82) is 0 Å². The number of hydrogen-bond acceptors (Lipinski definition) is 1. The third-order valence-corrected chi connectivity index (χ3v) is 2.05. The number of aryl methyl sites for hydroxylation is 2. The van der Waals surface area contributed by atoms with E-state index in [9.17, 15) is 4.79 Å². The summed E-state index contributed by atoms with van der Waals surface area (Å²) in [5.41, 5.74) is 2.04. The van der Waals surface area contributed by atoms with Gasteiger partial charge in [0, 0.05) is 0 Å². The van der Waals surface area contributed by atoms with Gasteiger partial charge in [0.2, 0.25) is 0 Å². The van der Waals surface area contributed by atoms with Gasteiger partial charge in [-0.1, -0.05) is 38.1 Å². The highest BCUT2D eigenvalue weighted by atomic mass is 16.1. The molecule has 0 unspecified atom stereocenters. The summed E-state index contributed by atoms with van der Waals surface area (Å²) in [5, 5.41) is 0. The minimum Gasteiger partial charge on any atom is -0.289 e. The van der Waals surface area contributed by atoms with E-state index in [2.05, 4.69) is 0 Å². The molecule has 0 atom stereocenters. The lowest BCUT2D eigenvalue weighted by molar-refractivity contribution is 1.07. The van der Waals surface area contributed by atoms with Crippen molar-refractivity contribution in [2.24, 2.45) is 0 Å². The highest BCUT2D eigenvalue weighted by molar-refractivity contribution is 5.22. The van der Waals surface area contributed by atoms with E-state index in [-0.39, 0.29) is 5.43 Å². The van der Waals surface area contributed by atoms with Gasteiger partial charge in [0.25, 0.3) is 0 Å². The first kappa shape index (κ1) is 8.98. The second-order valence-electron chi connectivity index (χ2n) is 2.80. The lowest BCUT2D eigenvalue weighted by Gasteiger charge is -1.91. The van der Waals surface area contributed by atoms with Crippen LogP contribution in [0.25, 0.3) is 0 Å². The monoisotopic (exact) mass is 162 g/mol.